The van der Waals surface area contributed by atoms with Gasteiger partial charge in [0.1, 0.15) is 0 Å². The molecule has 0 aromatic carbocycles. The highest BCUT2D eigenvalue weighted by Crippen LogP contribution is 2.35. The molecule has 0 aromatic rings. The van der Waals surface area contributed by atoms with Crippen LogP contribution in [0.25, 0.3) is 0 Å². The number of halogens is 1. The van der Waals surface area contributed by atoms with Crippen LogP contribution in [0.1, 0.15) is 12.8 Å². The molecule has 0 bridgehead atoms. The van der Waals surface area contributed by atoms with Crippen molar-refractivity contribution in [3.05, 3.63) is 0 Å². The summed E-state index contributed by atoms with van der Waals surface area (Å²) in [5.41, 5.74) is 0. The molecular formula is C7H15IOSi. The molecule has 10 heavy (non-hydrogen) atoms. The van der Waals surface area contributed by atoms with Gasteiger partial charge in [-0.2, -0.15) is 0 Å². The van der Waals surface area contributed by atoms with E-state index in [9.17, 15) is 0 Å². The lowest BCUT2D eigenvalue weighted by Gasteiger charge is -2.16. The quantitative estimate of drug-likeness (QED) is 0.432. The van der Waals surface area contributed by atoms with Crippen molar-refractivity contribution in [2.75, 3.05) is 4.43 Å². The zero-order chi connectivity index (χ0) is 7.56. The lowest BCUT2D eigenvalue weighted by atomic mass is 10.3. The second-order valence-electron chi connectivity index (χ2n) is 3.22. The summed E-state index contributed by atoms with van der Waals surface area (Å²) >= 11 is 2.44. The lowest BCUT2D eigenvalue weighted by molar-refractivity contribution is 0.209. The van der Waals surface area contributed by atoms with Crippen LogP contribution in [0.15, 0.2) is 0 Å². The summed E-state index contributed by atoms with van der Waals surface area (Å²) < 4.78 is 7.04. The van der Waals surface area contributed by atoms with E-state index in [0.29, 0.717) is 6.10 Å². The Balaban J connectivity index is 2.19. The van der Waals surface area contributed by atoms with Gasteiger partial charge in [-0.05, 0) is 31.9 Å². The molecule has 1 unspecified atom stereocenters. The minimum Gasteiger partial charge on any atom is -0.417 e. The van der Waals surface area contributed by atoms with Gasteiger partial charge in [-0.15, -0.1) is 0 Å². The molecule has 3 heteroatoms. The normalized spacial score (nSPS) is 21.6. The third kappa shape index (κ3) is 2.88. The van der Waals surface area contributed by atoms with E-state index >= 15 is 0 Å². The Morgan fingerprint density at radius 1 is 1.60 bits per heavy atom. The molecule has 0 aliphatic heterocycles. The van der Waals surface area contributed by atoms with Crippen LogP contribution in [0, 0.1) is 5.92 Å². The molecule has 0 saturated heterocycles. The fraction of sp³-hybridized carbons (Fsp3) is 1.00. The van der Waals surface area contributed by atoms with E-state index in [4.69, 9.17) is 4.43 Å². The molecular weight excluding hydrogens is 255 g/mol. The topological polar surface area (TPSA) is 9.23 Å². The minimum absolute atomic E-state index is 0.604. The molecule has 0 radical (unpaired) electrons. The maximum Gasteiger partial charge on any atom is 0.171 e. The summed E-state index contributed by atoms with van der Waals surface area (Å²) in [6, 6.07) is 0. The van der Waals surface area contributed by atoms with Crippen LogP contribution in [-0.4, -0.2) is 19.6 Å². The molecule has 60 valence electrons. The monoisotopic (exact) mass is 270 g/mol. The average molecular weight is 270 g/mol. The predicted molar refractivity (Wildman–Crippen MR) is 55.4 cm³/mol. The van der Waals surface area contributed by atoms with Gasteiger partial charge < -0.3 is 4.43 Å². The minimum atomic E-state index is -0.767. The summed E-state index contributed by atoms with van der Waals surface area (Å²) in [6.45, 7) is 4.50. The van der Waals surface area contributed by atoms with E-state index in [1.807, 2.05) is 0 Å². The van der Waals surface area contributed by atoms with E-state index < -0.39 is 9.04 Å². The standard InChI is InChI=1S/C7H15IOSi/c1-10(2)9-7(5-8)6-3-4-6/h6-7,10H,3-5H2,1-2H3. The first-order valence-electron chi connectivity index (χ1n) is 3.95. The van der Waals surface area contributed by atoms with E-state index in [0.717, 1.165) is 5.92 Å². The molecule has 1 fully saturated rings. The predicted octanol–water partition coefficient (Wildman–Crippen LogP) is 2.20. The highest BCUT2D eigenvalue weighted by molar-refractivity contribution is 14.1. The fourth-order valence-corrected chi connectivity index (χ4v) is 3.43. The number of alkyl halides is 1. The Morgan fingerprint density at radius 2 is 2.20 bits per heavy atom. The van der Waals surface area contributed by atoms with Gasteiger partial charge >= 0.3 is 0 Å². The van der Waals surface area contributed by atoms with Gasteiger partial charge in [0.05, 0.1) is 6.10 Å². The van der Waals surface area contributed by atoms with Crippen molar-refractivity contribution < 1.29 is 4.43 Å². The molecule has 0 heterocycles. The summed E-state index contributed by atoms with van der Waals surface area (Å²) in [5, 5.41) is 0. The van der Waals surface area contributed by atoms with Crippen LogP contribution in [0.3, 0.4) is 0 Å². The maximum atomic E-state index is 5.85. The zero-order valence-corrected chi connectivity index (χ0v) is 9.95. The smallest absolute Gasteiger partial charge is 0.171 e. The summed E-state index contributed by atoms with van der Waals surface area (Å²) in [7, 11) is -0.767. The first-order chi connectivity index (χ1) is 4.74. The highest BCUT2D eigenvalue weighted by atomic mass is 127. The molecule has 1 aliphatic rings. The molecule has 1 saturated carbocycles. The third-order valence-electron chi connectivity index (χ3n) is 1.75. The van der Waals surface area contributed by atoms with Crippen molar-refractivity contribution in [3.8, 4) is 0 Å². The van der Waals surface area contributed by atoms with Crippen molar-refractivity contribution >= 4 is 31.6 Å². The van der Waals surface area contributed by atoms with E-state index in [1.165, 1.54) is 17.3 Å². The zero-order valence-electron chi connectivity index (χ0n) is 6.64. The first kappa shape index (κ1) is 9.00. The Kier molecular flexibility index (Phi) is 3.66. The number of hydrogen-bond donors (Lipinski definition) is 0. The van der Waals surface area contributed by atoms with Gasteiger partial charge in [-0.3, -0.25) is 0 Å². The van der Waals surface area contributed by atoms with E-state index in [2.05, 4.69) is 35.7 Å². The van der Waals surface area contributed by atoms with Crippen LogP contribution in [-0.2, 0) is 4.43 Å². The van der Waals surface area contributed by atoms with Gasteiger partial charge in [0, 0.05) is 4.43 Å². The van der Waals surface area contributed by atoms with Crippen molar-refractivity contribution in [2.24, 2.45) is 5.92 Å². The van der Waals surface area contributed by atoms with Crippen molar-refractivity contribution in [3.63, 3.8) is 0 Å². The molecule has 1 aliphatic carbocycles. The Bertz CT molecular complexity index is 104. The summed E-state index contributed by atoms with van der Waals surface area (Å²) in [4.78, 5) is 0. The molecule has 0 spiro atoms. The van der Waals surface area contributed by atoms with Crippen LogP contribution in [0.2, 0.25) is 13.1 Å². The molecule has 0 N–H and O–H groups in total. The largest absolute Gasteiger partial charge is 0.417 e. The second-order valence-corrected chi connectivity index (χ2v) is 6.47. The van der Waals surface area contributed by atoms with Gasteiger partial charge in [0.15, 0.2) is 9.04 Å². The first-order valence-corrected chi connectivity index (χ1v) is 8.26. The van der Waals surface area contributed by atoms with Gasteiger partial charge in [-0.25, -0.2) is 0 Å². The van der Waals surface area contributed by atoms with E-state index in [-0.39, 0.29) is 0 Å². The lowest BCUT2D eigenvalue weighted by Crippen LogP contribution is -2.23. The Labute approximate surface area is 78.4 Å². The van der Waals surface area contributed by atoms with Crippen LogP contribution in [0.4, 0.5) is 0 Å². The maximum absolute atomic E-state index is 5.85. The van der Waals surface area contributed by atoms with E-state index in [1.54, 1.807) is 0 Å². The number of rotatable bonds is 4. The molecule has 0 amide bonds. The van der Waals surface area contributed by atoms with Crippen LogP contribution >= 0.6 is 22.6 Å². The van der Waals surface area contributed by atoms with Gasteiger partial charge in [-0.1, -0.05) is 22.6 Å². The van der Waals surface area contributed by atoms with Crippen molar-refractivity contribution in [1.82, 2.24) is 0 Å². The molecule has 1 atom stereocenters. The second kappa shape index (κ2) is 4.06. The Hall–Kier alpha value is 0.907. The molecule has 0 aromatic heterocycles. The molecule has 1 rings (SSSR count). The summed E-state index contributed by atoms with van der Waals surface area (Å²) in [6.07, 6.45) is 3.43. The van der Waals surface area contributed by atoms with Crippen LogP contribution in [0.5, 0.6) is 0 Å². The van der Waals surface area contributed by atoms with Crippen LogP contribution < -0.4 is 0 Å². The van der Waals surface area contributed by atoms with Crippen molar-refractivity contribution in [1.29, 1.82) is 0 Å². The number of hydrogen-bond acceptors (Lipinski definition) is 1. The SMILES string of the molecule is C[SiH](C)OC(CI)C1CC1. The average Bonchev–Trinajstić information content (AvgIpc) is 2.63. The highest BCUT2D eigenvalue weighted by Gasteiger charge is 2.31. The molecule has 1 nitrogen and oxygen atoms in total. The Morgan fingerprint density at radius 3 is 2.50 bits per heavy atom. The third-order valence-corrected chi connectivity index (χ3v) is 3.51. The van der Waals surface area contributed by atoms with Gasteiger partial charge in [0.2, 0.25) is 0 Å². The van der Waals surface area contributed by atoms with Gasteiger partial charge in [0.25, 0.3) is 0 Å². The van der Waals surface area contributed by atoms with Crippen molar-refractivity contribution in [2.45, 2.75) is 32.0 Å². The fourth-order valence-electron chi connectivity index (χ4n) is 1.09. The summed E-state index contributed by atoms with van der Waals surface area (Å²) in [5.74, 6) is 0.923.